The van der Waals surface area contributed by atoms with Crippen molar-refractivity contribution in [3.63, 3.8) is 0 Å². The third-order valence-corrected chi connectivity index (χ3v) is 3.63. The lowest BCUT2D eigenvalue weighted by molar-refractivity contribution is -0.386. The predicted octanol–water partition coefficient (Wildman–Crippen LogP) is 4.08. The van der Waals surface area contributed by atoms with E-state index in [2.05, 4.69) is 5.32 Å². The zero-order valence-electron chi connectivity index (χ0n) is 13.1. The Balaban J connectivity index is 2.43. The number of nitro groups is 1. The summed E-state index contributed by atoms with van der Waals surface area (Å²) in [5.41, 5.74) is 3.94. The Kier molecular flexibility index (Phi) is 4.26. The zero-order valence-corrected chi connectivity index (χ0v) is 13.1. The lowest BCUT2D eigenvalue weighted by Gasteiger charge is -2.13. The van der Waals surface area contributed by atoms with E-state index in [0.29, 0.717) is 22.4 Å². The molecule has 5 heteroatoms. The Bertz CT molecular complexity index is 767. The Morgan fingerprint density at radius 1 is 1.09 bits per heavy atom. The van der Waals surface area contributed by atoms with Crippen LogP contribution in [0.15, 0.2) is 30.3 Å². The maximum absolute atomic E-state index is 12.4. The number of aryl methyl sites for hydroxylation is 3. The van der Waals surface area contributed by atoms with Gasteiger partial charge in [0.05, 0.1) is 16.2 Å². The maximum Gasteiger partial charge on any atom is 0.277 e. The van der Waals surface area contributed by atoms with E-state index in [-0.39, 0.29) is 11.6 Å². The third kappa shape index (κ3) is 2.98. The number of benzene rings is 2. The van der Waals surface area contributed by atoms with Gasteiger partial charge in [-0.05, 0) is 51.5 Å². The lowest BCUT2D eigenvalue weighted by Crippen LogP contribution is -2.15. The molecule has 2 rings (SSSR count). The molecule has 0 aliphatic rings. The SMILES string of the molecule is Cc1cccc(C(=O)Nc2c(C)cc(C)c([N+](=O)[O-])c2C)c1. The minimum atomic E-state index is -0.410. The first kappa shape index (κ1) is 15.7. The monoisotopic (exact) mass is 298 g/mol. The van der Waals surface area contributed by atoms with Gasteiger partial charge in [-0.1, -0.05) is 17.7 Å². The van der Waals surface area contributed by atoms with Crippen LogP contribution in [0.1, 0.15) is 32.6 Å². The van der Waals surface area contributed by atoms with Crippen LogP contribution in [0.3, 0.4) is 0 Å². The first-order valence-electron chi connectivity index (χ1n) is 6.94. The summed E-state index contributed by atoms with van der Waals surface area (Å²) in [6.45, 7) is 7.09. The highest BCUT2D eigenvalue weighted by Gasteiger charge is 2.21. The number of nitrogens with zero attached hydrogens (tertiary/aromatic N) is 1. The highest BCUT2D eigenvalue weighted by atomic mass is 16.6. The number of carbonyl (C=O) groups is 1. The molecule has 0 saturated carbocycles. The molecule has 22 heavy (non-hydrogen) atoms. The quantitative estimate of drug-likeness (QED) is 0.685. The highest BCUT2D eigenvalue weighted by molar-refractivity contribution is 6.05. The van der Waals surface area contributed by atoms with Gasteiger partial charge in [0.1, 0.15) is 0 Å². The van der Waals surface area contributed by atoms with Gasteiger partial charge in [0.15, 0.2) is 0 Å². The molecule has 0 atom stereocenters. The van der Waals surface area contributed by atoms with Gasteiger partial charge in [-0.15, -0.1) is 0 Å². The standard InChI is InChI=1S/C17H18N2O3/c1-10-6-5-7-14(8-10)17(20)18-15-11(2)9-12(3)16(13(15)4)19(21)22/h5-9H,1-4H3,(H,18,20). The summed E-state index contributed by atoms with van der Waals surface area (Å²) in [7, 11) is 0. The Morgan fingerprint density at radius 2 is 1.77 bits per heavy atom. The second-order valence-corrected chi connectivity index (χ2v) is 5.44. The summed E-state index contributed by atoms with van der Waals surface area (Å²) in [6.07, 6.45) is 0. The van der Waals surface area contributed by atoms with E-state index in [1.807, 2.05) is 26.0 Å². The fraction of sp³-hybridized carbons (Fsp3) is 0.235. The van der Waals surface area contributed by atoms with Gasteiger partial charge in [0.2, 0.25) is 0 Å². The van der Waals surface area contributed by atoms with Gasteiger partial charge in [0.25, 0.3) is 11.6 Å². The second kappa shape index (κ2) is 5.97. The van der Waals surface area contributed by atoms with Crippen molar-refractivity contribution in [2.45, 2.75) is 27.7 Å². The Morgan fingerprint density at radius 3 is 2.36 bits per heavy atom. The number of carbonyl (C=O) groups excluding carboxylic acids is 1. The number of anilines is 1. The smallest absolute Gasteiger partial charge is 0.277 e. The van der Waals surface area contributed by atoms with Crippen molar-refractivity contribution in [2.75, 3.05) is 5.32 Å². The van der Waals surface area contributed by atoms with Gasteiger partial charge < -0.3 is 5.32 Å². The number of hydrogen-bond donors (Lipinski definition) is 1. The number of hydrogen-bond acceptors (Lipinski definition) is 3. The van der Waals surface area contributed by atoms with Crippen molar-refractivity contribution in [3.05, 3.63) is 68.3 Å². The van der Waals surface area contributed by atoms with Crippen LogP contribution in [-0.2, 0) is 0 Å². The second-order valence-electron chi connectivity index (χ2n) is 5.44. The summed E-state index contributed by atoms with van der Waals surface area (Å²) in [5, 5.41) is 14.0. The fourth-order valence-corrected chi connectivity index (χ4v) is 2.62. The predicted molar refractivity (Wildman–Crippen MR) is 86.4 cm³/mol. The van der Waals surface area contributed by atoms with E-state index in [9.17, 15) is 14.9 Å². The molecule has 2 aromatic carbocycles. The van der Waals surface area contributed by atoms with Crippen LogP contribution in [0.2, 0.25) is 0 Å². The lowest BCUT2D eigenvalue weighted by atomic mass is 10.0. The molecule has 5 nitrogen and oxygen atoms in total. The summed E-state index contributed by atoms with van der Waals surface area (Å²) in [4.78, 5) is 23.1. The summed E-state index contributed by atoms with van der Waals surface area (Å²) in [5.74, 6) is -0.270. The van der Waals surface area contributed by atoms with E-state index < -0.39 is 4.92 Å². The molecule has 0 aromatic heterocycles. The molecule has 114 valence electrons. The number of nitro benzene ring substituents is 1. The first-order chi connectivity index (χ1) is 10.3. The van der Waals surface area contributed by atoms with Crippen molar-refractivity contribution >= 4 is 17.3 Å². The molecule has 0 spiro atoms. The van der Waals surface area contributed by atoms with Gasteiger partial charge in [-0.2, -0.15) is 0 Å². The van der Waals surface area contributed by atoms with E-state index in [1.54, 1.807) is 32.0 Å². The molecule has 1 amide bonds. The van der Waals surface area contributed by atoms with Crippen LogP contribution >= 0.6 is 0 Å². The molecule has 0 radical (unpaired) electrons. The van der Waals surface area contributed by atoms with E-state index in [1.165, 1.54) is 0 Å². The van der Waals surface area contributed by atoms with Crippen molar-refractivity contribution < 1.29 is 9.72 Å². The van der Waals surface area contributed by atoms with Crippen LogP contribution < -0.4 is 5.32 Å². The van der Waals surface area contributed by atoms with Crippen LogP contribution in [-0.4, -0.2) is 10.8 Å². The van der Waals surface area contributed by atoms with Crippen LogP contribution in [0.25, 0.3) is 0 Å². The van der Waals surface area contributed by atoms with Crippen LogP contribution in [0.4, 0.5) is 11.4 Å². The van der Waals surface area contributed by atoms with Gasteiger partial charge in [-0.25, -0.2) is 0 Å². The normalized spacial score (nSPS) is 10.4. The first-order valence-corrected chi connectivity index (χ1v) is 6.94. The molecule has 2 aromatic rings. The molecule has 0 aliphatic carbocycles. The Hall–Kier alpha value is -2.69. The number of rotatable bonds is 3. The van der Waals surface area contributed by atoms with Gasteiger partial charge in [-0.3, -0.25) is 14.9 Å². The van der Waals surface area contributed by atoms with E-state index in [0.717, 1.165) is 11.1 Å². The van der Waals surface area contributed by atoms with Gasteiger partial charge in [0, 0.05) is 11.1 Å². The zero-order chi connectivity index (χ0) is 16.4. The third-order valence-electron chi connectivity index (χ3n) is 3.63. The number of nitrogens with one attached hydrogen (secondary N) is 1. The highest BCUT2D eigenvalue weighted by Crippen LogP contribution is 2.32. The molecule has 0 heterocycles. The summed E-state index contributed by atoms with van der Waals surface area (Å²) >= 11 is 0. The molecule has 1 N–H and O–H groups in total. The van der Waals surface area contributed by atoms with Crippen molar-refractivity contribution in [1.29, 1.82) is 0 Å². The molecule has 0 bridgehead atoms. The summed E-state index contributed by atoms with van der Waals surface area (Å²) < 4.78 is 0. The van der Waals surface area contributed by atoms with Crippen molar-refractivity contribution in [2.24, 2.45) is 0 Å². The molecule has 0 fully saturated rings. The van der Waals surface area contributed by atoms with E-state index >= 15 is 0 Å². The molecule has 0 unspecified atom stereocenters. The fourth-order valence-electron chi connectivity index (χ4n) is 2.62. The maximum atomic E-state index is 12.4. The Labute approximate surface area is 129 Å². The largest absolute Gasteiger partial charge is 0.321 e. The van der Waals surface area contributed by atoms with Crippen LogP contribution in [0.5, 0.6) is 0 Å². The van der Waals surface area contributed by atoms with Crippen LogP contribution in [0, 0.1) is 37.8 Å². The average Bonchev–Trinajstić information content (AvgIpc) is 2.42. The topological polar surface area (TPSA) is 72.2 Å². The minimum Gasteiger partial charge on any atom is -0.321 e. The molecule has 0 saturated heterocycles. The number of amides is 1. The van der Waals surface area contributed by atoms with Crippen molar-refractivity contribution in [1.82, 2.24) is 0 Å². The molecule has 0 aliphatic heterocycles. The average molecular weight is 298 g/mol. The van der Waals surface area contributed by atoms with Crippen molar-refractivity contribution in [3.8, 4) is 0 Å². The van der Waals surface area contributed by atoms with E-state index in [4.69, 9.17) is 0 Å². The molecular weight excluding hydrogens is 280 g/mol. The molecular formula is C17H18N2O3. The minimum absolute atomic E-state index is 0.0464. The van der Waals surface area contributed by atoms with Gasteiger partial charge >= 0.3 is 0 Å². The summed E-state index contributed by atoms with van der Waals surface area (Å²) in [6, 6.07) is 8.93.